The fraction of sp³-hybridized carbons (Fsp3) is 0.250. The quantitative estimate of drug-likeness (QED) is 0.830. The van der Waals surface area contributed by atoms with Crippen molar-refractivity contribution in [2.45, 2.75) is 17.7 Å². The summed E-state index contributed by atoms with van der Waals surface area (Å²) >= 11 is 0. The normalized spacial score (nSPS) is 13.0. The van der Waals surface area contributed by atoms with Crippen LogP contribution in [0.4, 0.5) is 5.69 Å². The van der Waals surface area contributed by atoms with E-state index >= 15 is 0 Å². The number of hydrogen-bond donors (Lipinski definition) is 2. The van der Waals surface area contributed by atoms with Crippen molar-refractivity contribution in [3.05, 3.63) is 59.7 Å². The Hall–Kier alpha value is -1.85. The lowest BCUT2D eigenvalue weighted by atomic mass is 9.91. The molecule has 0 aliphatic carbocycles. The molecule has 0 bridgehead atoms. The second kappa shape index (κ2) is 6.28. The fourth-order valence-corrected chi connectivity index (χ4v) is 3.17. The van der Waals surface area contributed by atoms with Crippen LogP contribution >= 0.6 is 0 Å². The third-order valence-electron chi connectivity index (χ3n) is 3.58. The van der Waals surface area contributed by atoms with E-state index in [1.807, 2.05) is 18.2 Å². The number of aliphatic hydroxyl groups is 1. The summed E-state index contributed by atoms with van der Waals surface area (Å²) in [7, 11) is -3.21. The van der Waals surface area contributed by atoms with Gasteiger partial charge in [-0.2, -0.15) is 0 Å². The lowest BCUT2D eigenvalue weighted by Crippen LogP contribution is -2.09. The first-order valence-corrected chi connectivity index (χ1v) is 8.42. The smallest absolute Gasteiger partial charge is 0.178 e. The zero-order valence-corrected chi connectivity index (χ0v) is 12.7. The third-order valence-corrected chi connectivity index (χ3v) is 5.33. The highest BCUT2D eigenvalue weighted by molar-refractivity contribution is 7.91. The first-order valence-electron chi connectivity index (χ1n) is 6.77. The summed E-state index contributed by atoms with van der Waals surface area (Å²) in [5.74, 6) is -0.189. The Bertz CT molecular complexity index is 709. The maximum atomic E-state index is 11.8. The molecule has 3 N–H and O–H groups in total. The molecular formula is C16H19NO3S. The monoisotopic (exact) mass is 305 g/mol. The molecule has 21 heavy (non-hydrogen) atoms. The molecule has 0 radical (unpaired) electrons. The van der Waals surface area contributed by atoms with Crippen molar-refractivity contribution in [1.82, 2.24) is 0 Å². The molecule has 2 aromatic rings. The fourth-order valence-electron chi connectivity index (χ4n) is 2.29. The van der Waals surface area contributed by atoms with E-state index in [4.69, 9.17) is 5.73 Å². The number of para-hydroxylation sites is 1. The summed E-state index contributed by atoms with van der Waals surface area (Å²) in [5.41, 5.74) is 8.24. The van der Waals surface area contributed by atoms with Crippen LogP contribution in [0.5, 0.6) is 0 Å². The molecule has 4 nitrogen and oxygen atoms in total. The van der Waals surface area contributed by atoms with E-state index in [-0.39, 0.29) is 18.3 Å². The van der Waals surface area contributed by atoms with Gasteiger partial charge in [-0.1, -0.05) is 37.3 Å². The minimum Gasteiger partial charge on any atom is -0.398 e. The molecule has 0 spiro atoms. The van der Waals surface area contributed by atoms with Gasteiger partial charge in [0.2, 0.25) is 0 Å². The van der Waals surface area contributed by atoms with Crippen LogP contribution in [0.3, 0.4) is 0 Å². The largest absolute Gasteiger partial charge is 0.398 e. The second-order valence-corrected chi connectivity index (χ2v) is 7.11. The van der Waals surface area contributed by atoms with Gasteiger partial charge in [0.15, 0.2) is 9.84 Å². The topological polar surface area (TPSA) is 80.4 Å². The number of benzene rings is 2. The van der Waals surface area contributed by atoms with Gasteiger partial charge in [-0.05, 0) is 29.3 Å². The summed E-state index contributed by atoms with van der Waals surface area (Å²) in [4.78, 5) is 0.298. The standard InChI is InChI=1S/C16H19NO3S/c1-2-21(19,20)13-9-7-12(8-10-13)15(11-18)14-5-3-4-6-16(14)17/h3-10,15,18H,2,11,17H2,1H3/t15-/m1/s1. The molecular weight excluding hydrogens is 286 g/mol. The van der Waals surface area contributed by atoms with Crippen molar-refractivity contribution in [3.63, 3.8) is 0 Å². The van der Waals surface area contributed by atoms with Gasteiger partial charge in [-0.15, -0.1) is 0 Å². The van der Waals surface area contributed by atoms with E-state index in [0.717, 1.165) is 11.1 Å². The van der Waals surface area contributed by atoms with Gasteiger partial charge < -0.3 is 10.8 Å². The van der Waals surface area contributed by atoms with Crippen molar-refractivity contribution in [2.75, 3.05) is 18.1 Å². The molecule has 0 amide bonds. The molecule has 2 rings (SSSR count). The van der Waals surface area contributed by atoms with Crippen molar-refractivity contribution in [3.8, 4) is 0 Å². The Morgan fingerprint density at radius 1 is 1.10 bits per heavy atom. The minimum atomic E-state index is -3.21. The Morgan fingerprint density at radius 3 is 2.24 bits per heavy atom. The number of aliphatic hydroxyl groups excluding tert-OH is 1. The SMILES string of the molecule is CCS(=O)(=O)c1ccc([C@@H](CO)c2ccccc2N)cc1. The van der Waals surface area contributed by atoms with Gasteiger partial charge in [-0.25, -0.2) is 8.42 Å². The van der Waals surface area contributed by atoms with Crippen molar-refractivity contribution in [2.24, 2.45) is 0 Å². The van der Waals surface area contributed by atoms with Crippen molar-refractivity contribution >= 4 is 15.5 Å². The van der Waals surface area contributed by atoms with Crippen LogP contribution in [0.15, 0.2) is 53.4 Å². The number of rotatable bonds is 5. The summed E-state index contributed by atoms with van der Waals surface area (Å²) in [6, 6.07) is 14.0. The van der Waals surface area contributed by atoms with Crippen LogP contribution in [0.25, 0.3) is 0 Å². The van der Waals surface area contributed by atoms with E-state index < -0.39 is 9.84 Å². The van der Waals surface area contributed by atoms with E-state index in [0.29, 0.717) is 10.6 Å². The van der Waals surface area contributed by atoms with Gasteiger partial charge in [-0.3, -0.25) is 0 Å². The van der Waals surface area contributed by atoms with E-state index in [9.17, 15) is 13.5 Å². The highest BCUT2D eigenvalue weighted by atomic mass is 32.2. The number of hydrogen-bond acceptors (Lipinski definition) is 4. The number of sulfone groups is 1. The lowest BCUT2D eigenvalue weighted by Gasteiger charge is -2.17. The number of nitrogens with two attached hydrogens (primary N) is 1. The molecule has 0 saturated carbocycles. The Balaban J connectivity index is 2.39. The number of anilines is 1. The molecule has 112 valence electrons. The Labute approximate surface area is 125 Å². The maximum absolute atomic E-state index is 11.8. The van der Waals surface area contributed by atoms with Crippen LogP contribution in [-0.4, -0.2) is 25.9 Å². The Morgan fingerprint density at radius 2 is 1.71 bits per heavy atom. The van der Waals surface area contributed by atoms with Gasteiger partial charge in [0.1, 0.15) is 0 Å². The zero-order chi connectivity index (χ0) is 15.5. The average Bonchev–Trinajstić information content (AvgIpc) is 2.50. The highest BCUT2D eigenvalue weighted by Crippen LogP contribution is 2.29. The van der Waals surface area contributed by atoms with E-state index in [1.54, 1.807) is 37.3 Å². The lowest BCUT2D eigenvalue weighted by molar-refractivity contribution is 0.281. The molecule has 2 aromatic carbocycles. The number of nitrogen functional groups attached to an aromatic ring is 1. The average molecular weight is 305 g/mol. The van der Waals surface area contributed by atoms with Crippen molar-refractivity contribution < 1.29 is 13.5 Å². The Kier molecular flexibility index (Phi) is 4.65. The first kappa shape index (κ1) is 15.5. The van der Waals surface area contributed by atoms with Crippen LogP contribution in [0, 0.1) is 0 Å². The van der Waals surface area contributed by atoms with Crippen LogP contribution in [0.1, 0.15) is 24.0 Å². The van der Waals surface area contributed by atoms with Crippen LogP contribution < -0.4 is 5.73 Å². The zero-order valence-electron chi connectivity index (χ0n) is 11.9. The molecule has 0 aromatic heterocycles. The van der Waals surface area contributed by atoms with Crippen molar-refractivity contribution in [1.29, 1.82) is 0 Å². The van der Waals surface area contributed by atoms with Crippen LogP contribution in [0.2, 0.25) is 0 Å². The molecule has 0 aliphatic rings. The molecule has 0 saturated heterocycles. The molecule has 0 unspecified atom stereocenters. The summed E-state index contributed by atoms with van der Waals surface area (Å²) in [6.07, 6.45) is 0. The highest BCUT2D eigenvalue weighted by Gasteiger charge is 2.17. The first-order chi connectivity index (χ1) is 9.99. The minimum absolute atomic E-state index is 0.0708. The van der Waals surface area contributed by atoms with Gasteiger partial charge in [0.25, 0.3) is 0 Å². The third kappa shape index (κ3) is 3.25. The predicted molar refractivity (Wildman–Crippen MR) is 84.0 cm³/mol. The molecule has 5 heteroatoms. The van der Waals surface area contributed by atoms with Gasteiger partial charge in [0.05, 0.1) is 17.3 Å². The summed E-state index contributed by atoms with van der Waals surface area (Å²) < 4.78 is 23.6. The van der Waals surface area contributed by atoms with E-state index in [2.05, 4.69) is 0 Å². The maximum Gasteiger partial charge on any atom is 0.178 e. The van der Waals surface area contributed by atoms with Gasteiger partial charge in [0, 0.05) is 11.6 Å². The second-order valence-electron chi connectivity index (χ2n) is 4.84. The predicted octanol–water partition coefficient (Wildman–Crippen LogP) is 2.19. The molecule has 0 aliphatic heterocycles. The van der Waals surface area contributed by atoms with E-state index in [1.165, 1.54) is 0 Å². The summed E-state index contributed by atoms with van der Waals surface area (Å²) in [6.45, 7) is 1.53. The van der Waals surface area contributed by atoms with Crippen LogP contribution in [-0.2, 0) is 9.84 Å². The summed E-state index contributed by atoms with van der Waals surface area (Å²) in [5, 5.41) is 9.66. The molecule has 0 heterocycles. The van der Waals surface area contributed by atoms with Gasteiger partial charge >= 0.3 is 0 Å². The molecule has 0 fully saturated rings. The molecule has 1 atom stereocenters.